The second-order valence-electron chi connectivity index (χ2n) is 4.72. The van der Waals surface area contributed by atoms with Gasteiger partial charge in [0.1, 0.15) is 0 Å². The van der Waals surface area contributed by atoms with Gasteiger partial charge in [-0.15, -0.1) is 0 Å². The zero-order valence-electron chi connectivity index (χ0n) is 12.6. The molecular formula is C13H28N2O5. The molecule has 0 heterocycles. The molecule has 1 unspecified atom stereocenters. The molecule has 0 bridgehead atoms. The van der Waals surface area contributed by atoms with Crippen molar-refractivity contribution >= 4 is 5.91 Å². The van der Waals surface area contributed by atoms with Gasteiger partial charge in [-0.05, 0) is 19.8 Å². The number of nitrogens with two attached hydrogens (primary N) is 2. The van der Waals surface area contributed by atoms with Gasteiger partial charge in [0.05, 0.1) is 45.2 Å². The number of hydrogen-bond acceptors (Lipinski definition) is 6. The summed E-state index contributed by atoms with van der Waals surface area (Å²) >= 11 is 0. The summed E-state index contributed by atoms with van der Waals surface area (Å²) in [5.41, 5.74) is 9.92. The molecule has 0 aliphatic heterocycles. The molecule has 1 amide bonds. The van der Waals surface area contributed by atoms with Crippen LogP contribution in [0.3, 0.4) is 0 Å². The van der Waals surface area contributed by atoms with E-state index in [1.54, 1.807) is 14.0 Å². The SMILES string of the molecule is COCCOCCOCCOCCCC(C)(N)C(N)=O. The first-order valence-corrected chi connectivity index (χ1v) is 6.81. The van der Waals surface area contributed by atoms with Crippen LogP contribution in [0, 0.1) is 0 Å². The molecule has 0 radical (unpaired) electrons. The molecule has 7 heteroatoms. The Hall–Kier alpha value is -0.730. The highest BCUT2D eigenvalue weighted by Gasteiger charge is 2.24. The molecule has 0 spiro atoms. The minimum atomic E-state index is -0.959. The summed E-state index contributed by atoms with van der Waals surface area (Å²) < 4.78 is 20.7. The lowest BCUT2D eigenvalue weighted by Crippen LogP contribution is -2.49. The molecule has 0 aliphatic rings. The first kappa shape index (κ1) is 19.3. The van der Waals surface area contributed by atoms with Crippen LogP contribution in [0.5, 0.6) is 0 Å². The number of carbonyl (C=O) groups excluding carboxylic acids is 1. The minimum absolute atomic E-state index is 0.491. The predicted octanol–water partition coefficient (Wildman–Crippen LogP) is -0.334. The van der Waals surface area contributed by atoms with Crippen LogP contribution in [-0.2, 0) is 23.7 Å². The molecule has 0 aromatic carbocycles. The summed E-state index contributed by atoms with van der Waals surface area (Å²) in [5.74, 6) is -0.491. The number of amides is 1. The summed E-state index contributed by atoms with van der Waals surface area (Å²) in [6, 6.07) is 0. The van der Waals surface area contributed by atoms with Crippen LogP contribution in [0.1, 0.15) is 19.8 Å². The van der Waals surface area contributed by atoms with Gasteiger partial charge in [0.15, 0.2) is 0 Å². The molecule has 0 fully saturated rings. The van der Waals surface area contributed by atoms with E-state index in [-0.39, 0.29) is 0 Å². The molecule has 0 aromatic rings. The first-order chi connectivity index (χ1) is 9.50. The molecule has 0 aromatic heterocycles. The largest absolute Gasteiger partial charge is 0.382 e. The third-order valence-electron chi connectivity index (χ3n) is 2.72. The quantitative estimate of drug-likeness (QED) is 0.424. The van der Waals surface area contributed by atoms with Crippen molar-refractivity contribution in [2.75, 3.05) is 53.4 Å². The number of hydrogen-bond donors (Lipinski definition) is 2. The van der Waals surface area contributed by atoms with Crippen LogP contribution >= 0.6 is 0 Å². The van der Waals surface area contributed by atoms with E-state index in [4.69, 9.17) is 30.4 Å². The van der Waals surface area contributed by atoms with Crippen molar-refractivity contribution in [3.8, 4) is 0 Å². The minimum Gasteiger partial charge on any atom is -0.382 e. The van der Waals surface area contributed by atoms with Crippen molar-refractivity contribution in [3.63, 3.8) is 0 Å². The van der Waals surface area contributed by atoms with Gasteiger partial charge in [0, 0.05) is 13.7 Å². The normalized spacial score (nSPS) is 14.2. The molecule has 4 N–H and O–H groups in total. The van der Waals surface area contributed by atoms with Crippen molar-refractivity contribution in [1.82, 2.24) is 0 Å². The number of rotatable bonds is 14. The molecule has 20 heavy (non-hydrogen) atoms. The Morgan fingerprint density at radius 3 is 1.85 bits per heavy atom. The third kappa shape index (κ3) is 11.1. The lowest BCUT2D eigenvalue weighted by atomic mass is 9.97. The van der Waals surface area contributed by atoms with Gasteiger partial charge in [-0.2, -0.15) is 0 Å². The van der Waals surface area contributed by atoms with Gasteiger partial charge >= 0.3 is 0 Å². The maximum atomic E-state index is 11.0. The lowest BCUT2D eigenvalue weighted by Gasteiger charge is -2.19. The second kappa shape index (κ2) is 12.0. The average molecular weight is 292 g/mol. The van der Waals surface area contributed by atoms with Crippen molar-refractivity contribution in [2.45, 2.75) is 25.3 Å². The van der Waals surface area contributed by atoms with E-state index < -0.39 is 11.4 Å². The summed E-state index contributed by atoms with van der Waals surface area (Å²) in [6.07, 6.45) is 1.20. The van der Waals surface area contributed by atoms with E-state index in [0.717, 1.165) is 0 Å². The fraction of sp³-hybridized carbons (Fsp3) is 0.923. The van der Waals surface area contributed by atoms with Crippen LogP contribution in [0.25, 0.3) is 0 Å². The smallest absolute Gasteiger partial charge is 0.237 e. The monoisotopic (exact) mass is 292 g/mol. The average Bonchev–Trinajstić information content (AvgIpc) is 2.39. The lowest BCUT2D eigenvalue weighted by molar-refractivity contribution is -0.122. The Morgan fingerprint density at radius 2 is 1.40 bits per heavy atom. The fourth-order valence-electron chi connectivity index (χ4n) is 1.35. The highest BCUT2D eigenvalue weighted by molar-refractivity contribution is 5.83. The summed E-state index contributed by atoms with van der Waals surface area (Å²) in [4.78, 5) is 11.0. The molecule has 0 rings (SSSR count). The van der Waals surface area contributed by atoms with Crippen molar-refractivity contribution < 1.29 is 23.7 Å². The van der Waals surface area contributed by atoms with Crippen LogP contribution < -0.4 is 11.5 Å². The molecule has 120 valence electrons. The fourth-order valence-corrected chi connectivity index (χ4v) is 1.35. The Labute approximate surface area is 120 Å². The molecular weight excluding hydrogens is 264 g/mol. The van der Waals surface area contributed by atoms with Gasteiger partial charge in [-0.25, -0.2) is 0 Å². The van der Waals surface area contributed by atoms with E-state index in [0.29, 0.717) is 59.1 Å². The Bertz CT molecular complexity index is 249. The number of methoxy groups -OCH3 is 1. The van der Waals surface area contributed by atoms with Gasteiger partial charge in [0.25, 0.3) is 0 Å². The van der Waals surface area contributed by atoms with Crippen molar-refractivity contribution in [2.24, 2.45) is 11.5 Å². The van der Waals surface area contributed by atoms with Crippen LogP contribution in [0.2, 0.25) is 0 Å². The summed E-state index contributed by atoms with van der Waals surface area (Å²) in [5, 5.41) is 0. The molecule has 0 saturated carbocycles. The maximum Gasteiger partial charge on any atom is 0.237 e. The Morgan fingerprint density at radius 1 is 0.950 bits per heavy atom. The zero-order chi connectivity index (χ0) is 15.3. The van der Waals surface area contributed by atoms with E-state index in [9.17, 15) is 4.79 Å². The number of carbonyl (C=O) groups is 1. The van der Waals surface area contributed by atoms with Crippen LogP contribution in [0.4, 0.5) is 0 Å². The number of ether oxygens (including phenoxy) is 4. The Kier molecular flexibility index (Phi) is 11.6. The Balaban J connectivity index is 3.19. The molecule has 0 saturated heterocycles. The van der Waals surface area contributed by atoms with Crippen LogP contribution in [0.15, 0.2) is 0 Å². The number of primary amides is 1. The third-order valence-corrected chi connectivity index (χ3v) is 2.72. The summed E-state index contributed by atoms with van der Waals surface area (Å²) in [6.45, 7) is 5.45. The first-order valence-electron chi connectivity index (χ1n) is 6.81. The molecule has 0 aliphatic carbocycles. The van der Waals surface area contributed by atoms with E-state index in [1.165, 1.54) is 0 Å². The standard InChI is InChI=1S/C13H28N2O5/c1-13(15,12(14)16)4-3-5-18-8-9-20-11-10-19-7-6-17-2/h3-11,15H2,1-2H3,(H2,14,16). The predicted molar refractivity (Wildman–Crippen MR) is 75.4 cm³/mol. The van der Waals surface area contributed by atoms with E-state index in [2.05, 4.69) is 0 Å². The summed E-state index contributed by atoms with van der Waals surface area (Å²) in [7, 11) is 1.63. The van der Waals surface area contributed by atoms with Gasteiger partial charge in [-0.3, -0.25) is 4.79 Å². The zero-order valence-corrected chi connectivity index (χ0v) is 12.6. The molecule has 1 atom stereocenters. The topological polar surface area (TPSA) is 106 Å². The van der Waals surface area contributed by atoms with E-state index in [1.807, 2.05) is 0 Å². The highest BCUT2D eigenvalue weighted by Crippen LogP contribution is 2.07. The highest BCUT2D eigenvalue weighted by atomic mass is 16.6. The van der Waals surface area contributed by atoms with Crippen molar-refractivity contribution in [1.29, 1.82) is 0 Å². The maximum absolute atomic E-state index is 11.0. The van der Waals surface area contributed by atoms with Crippen molar-refractivity contribution in [3.05, 3.63) is 0 Å². The van der Waals surface area contributed by atoms with Gasteiger partial charge in [0.2, 0.25) is 5.91 Å². The van der Waals surface area contributed by atoms with Crippen LogP contribution in [-0.4, -0.2) is 64.8 Å². The van der Waals surface area contributed by atoms with Gasteiger partial charge < -0.3 is 30.4 Å². The molecule has 7 nitrogen and oxygen atoms in total. The second-order valence-corrected chi connectivity index (χ2v) is 4.72. The van der Waals surface area contributed by atoms with Gasteiger partial charge in [-0.1, -0.05) is 0 Å². The van der Waals surface area contributed by atoms with E-state index >= 15 is 0 Å².